The van der Waals surface area contributed by atoms with E-state index >= 15 is 0 Å². The molecule has 1 aromatic rings. The highest BCUT2D eigenvalue weighted by atomic mass is 19.3. The van der Waals surface area contributed by atoms with Crippen molar-refractivity contribution in [1.29, 1.82) is 0 Å². The van der Waals surface area contributed by atoms with Crippen LogP contribution in [0.25, 0.3) is 0 Å². The molecule has 0 bridgehead atoms. The zero-order valence-corrected chi connectivity index (χ0v) is 6.17. The minimum atomic E-state index is -3.11. The molecule has 0 amide bonds. The van der Waals surface area contributed by atoms with Crippen LogP contribution in [0.1, 0.15) is 22.6 Å². The number of nitrogens with zero attached hydrogens (tertiary/aromatic N) is 1. The van der Waals surface area contributed by atoms with Gasteiger partial charge in [-0.25, -0.2) is 18.2 Å². The summed E-state index contributed by atoms with van der Waals surface area (Å²) in [6.45, 7) is 0. The van der Waals surface area contributed by atoms with Gasteiger partial charge in [0.1, 0.15) is 17.1 Å². The molecule has 0 aliphatic carbocycles. The number of aromatic hydroxyl groups is 1. The van der Waals surface area contributed by atoms with Gasteiger partial charge in [-0.2, -0.15) is 0 Å². The van der Waals surface area contributed by atoms with Crippen LogP contribution in [-0.4, -0.2) is 16.4 Å². The van der Waals surface area contributed by atoms with Gasteiger partial charge in [-0.1, -0.05) is 0 Å². The number of aromatic nitrogens is 1. The molecule has 1 heterocycles. The van der Waals surface area contributed by atoms with Crippen molar-refractivity contribution < 1.29 is 23.1 Å². The van der Waals surface area contributed by atoms with Crippen LogP contribution in [0, 0.1) is 5.82 Å². The predicted molar refractivity (Wildman–Crippen MR) is 36.2 cm³/mol. The molecule has 0 saturated heterocycles. The number of aldehydes is 1. The van der Waals surface area contributed by atoms with Gasteiger partial charge in [-0.3, -0.25) is 4.79 Å². The molecule has 70 valence electrons. The van der Waals surface area contributed by atoms with E-state index in [4.69, 9.17) is 5.11 Å². The van der Waals surface area contributed by atoms with E-state index in [1.54, 1.807) is 0 Å². The van der Waals surface area contributed by atoms with Gasteiger partial charge >= 0.3 is 0 Å². The molecule has 0 atom stereocenters. The minimum absolute atomic E-state index is 0.0701. The zero-order chi connectivity index (χ0) is 10.0. The van der Waals surface area contributed by atoms with Crippen LogP contribution in [0.15, 0.2) is 6.07 Å². The summed E-state index contributed by atoms with van der Waals surface area (Å²) in [4.78, 5) is 13.1. The second kappa shape index (κ2) is 3.42. The van der Waals surface area contributed by atoms with E-state index in [2.05, 4.69) is 4.98 Å². The van der Waals surface area contributed by atoms with Crippen LogP contribution >= 0.6 is 0 Å². The zero-order valence-electron chi connectivity index (χ0n) is 6.17. The third-order valence-corrected chi connectivity index (χ3v) is 1.33. The maximum absolute atomic E-state index is 12.6. The van der Waals surface area contributed by atoms with Gasteiger partial charge in [0, 0.05) is 6.07 Å². The van der Waals surface area contributed by atoms with Gasteiger partial charge in [-0.05, 0) is 0 Å². The van der Waals surface area contributed by atoms with Crippen molar-refractivity contribution in [3.05, 3.63) is 23.3 Å². The predicted octanol–water partition coefficient (Wildman–Crippen LogP) is 1.68. The van der Waals surface area contributed by atoms with E-state index < -0.39 is 29.4 Å². The van der Waals surface area contributed by atoms with Crippen molar-refractivity contribution in [1.82, 2.24) is 4.98 Å². The van der Waals surface area contributed by atoms with Gasteiger partial charge in [0.2, 0.25) is 0 Å². The van der Waals surface area contributed by atoms with Crippen molar-refractivity contribution in [2.75, 3.05) is 0 Å². The first-order valence-corrected chi connectivity index (χ1v) is 3.19. The molecule has 0 aliphatic heterocycles. The van der Waals surface area contributed by atoms with E-state index in [1.807, 2.05) is 0 Å². The number of hydrogen-bond donors (Lipinski definition) is 1. The summed E-state index contributed by atoms with van der Waals surface area (Å²) >= 11 is 0. The Morgan fingerprint density at radius 3 is 2.62 bits per heavy atom. The van der Waals surface area contributed by atoms with Crippen LogP contribution in [0.4, 0.5) is 13.2 Å². The van der Waals surface area contributed by atoms with Crippen molar-refractivity contribution in [2.45, 2.75) is 6.43 Å². The number of rotatable bonds is 2. The molecule has 0 saturated carbocycles. The average molecular weight is 191 g/mol. The molecule has 0 aromatic carbocycles. The molecule has 0 radical (unpaired) electrons. The molecule has 0 unspecified atom stereocenters. The lowest BCUT2D eigenvalue weighted by Gasteiger charge is -2.02. The van der Waals surface area contributed by atoms with Crippen molar-refractivity contribution in [3.8, 4) is 5.75 Å². The third-order valence-electron chi connectivity index (χ3n) is 1.33. The normalized spacial score (nSPS) is 10.5. The summed E-state index contributed by atoms with van der Waals surface area (Å²) in [6.07, 6.45) is -3.04. The summed E-state index contributed by atoms with van der Waals surface area (Å²) in [5, 5.41) is 8.82. The highest BCUT2D eigenvalue weighted by molar-refractivity contribution is 5.76. The molecular weight excluding hydrogens is 187 g/mol. The Balaban J connectivity index is 3.30. The molecular formula is C7H4F3NO2. The summed E-state index contributed by atoms with van der Waals surface area (Å²) in [7, 11) is 0. The van der Waals surface area contributed by atoms with E-state index in [0.29, 0.717) is 6.07 Å². The Morgan fingerprint density at radius 1 is 1.54 bits per heavy atom. The lowest BCUT2D eigenvalue weighted by molar-refractivity contribution is 0.111. The Labute approximate surface area is 70.8 Å². The molecule has 0 aliphatic rings. The van der Waals surface area contributed by atoms with E-state index in [0.717, 1.165) is 0 Å². The topological polar surface area (TPSA) is 50.2 Å². The van der Waals surface area contributed by atoms with Crippen LogP contribution in [0.3, 0.4) is 0 Å². The molecule has 1 rings (SSSR count). The Kier molecular flexibility index (Phi) is 2.50. The van der Waals surface area contributed by atoms with Gasteiger partial charge < -0.3 is 5.11 Å². The maximum atomic E-state index is 12.6. The molecule has 3 nitrogen and oxygen atoms in total. The minimum Gasteiger partial charge on any atom is -0.505 e. The fourth-order valence-electron chi connectivity index (χ4n) is 0.748. The standard InChI is InChI=1S/C7H4F3NO2/c8-3-1-5(13)4(2-12)11-6(3)7(9)10/h1-2,7,13H. The lowest BCUT2D eigenvalue weighted by atomic mass is 10.3. The number of hydrogen-bond acceptors (Lipinski definition) is 3. The molecule has 0 spiro atoms. The highest BCUT2D eigenvalue weighted by Crippen LogP contribution is 2.24. The number of halogens is 3. The second-order valence-electron chi connectivity index (χ2n) is 2.18. The monoisotopic (exact) mass is 191 g/mol. The molecule has 1 N–H and O–H groups in total. The third kappa shape index (κ3) is 1.77. The molecule has 6 heteroatoms. The molecule has 1 aromatic heterocycles. The van der Waals surface area contributed by atoms with Crippen molar-refractivity contribution in [2.24, 2.45) is 0 Å². The highest BCUT2D eigenvalue weighted by Gasteiger charge is 2.18. The quantitative estimate of drug-likeness (QED) is 0.723. The first-order valence-electron chi connectivity index (χ1n) is 3.19. The summed E-state index contributed by atoms with van der Waals surface area (Å²) in [5.41, 5.74) is -1.74. The van der Waals surface area contributed by atoms with Gasteiger partial charge in [-0.15, -0.1) is 0 Å². The van der Waals surface area contributed by atoms with Crippen molar-refractivity contribution >= 4 is 6.29 Å². The summed E-state index contributed by atoms with van der Waals surface area (Å²) in [6, 6.07) is 0.429. The van der Waals surface area contributed by atoms with Gasteiger partial charge in [0.15, 0.2) is 12.1 Å². The SMILES string of the molecule is O=Cc1nc(C(F)F)c(F)cc1O. The summed E-state index contributed by atoms with van der Waals surface area (Å²) in [5.74, 6) is -2.09. The second-order valence-corrected chi connectivity index (χ2v) is 2.18. The largest absolute Gasteiger partial charge is 0.505 e. The summed E-state index contributed by atoms with van der Waals surface area (Å²) < 4.78 is 36.6. The number of alkyl halides is 2. The number of carbonyl (C=O) groups excluding carboxylic acids is 1. The fourth-order valence-corrected chi connectivity index (χ4v) is 0.748. The van der Waals surface area contributed by atoms with Crippen LogP contribution in [0.5, 0.6) is 5.75 Å². The van der Waals surface area contributed by atoms with Crippen LogP contribution in [0.2, 0.25) is 0 Å². The average Bonchev–Trinajstić information content (AvgIpc) is 2.03. The Morgan fingerprint density at radius 2 is 2.15 bits per heavy atom. The van der Waals surface area contributed by atoms with Crippen LogP contribution < -0.4 is 0 Å². The van der Waals surface area contributed by atoms with E-state index in [1.165, 1.54) is 0 Å². The van der Waals surface area contributed by atoms with Crippen molar-refractivity contribution in [3.63, 3.8) is 0 Å². The molecule has 13 heavy (non-hydrogen) atoms. The Bertz CT molecular complexity index is 341. The molecule has 0 fully saturated rings. The number of carbonyl (C=O) groups is 1. The maximum Gasteiger partial charge on any atom is 0.283 e. The first kappa shape index (κ1) is 9.50. The van der Waals surface area contributed by atoms with Gasteiger partial charge in [0.05, 0.1) is 0 Å². The fraction of sp³-hybridized carbons (Fsp3) is 0.143. The first-order chi connectivity index (χ1) is 6.06. The van der Waals surface area contributed by atoms with Crippen LogP contribution in [-0.2, 0) is 0 Å². The lowest BCUT2D eigenvalue weighted by Crippen LogP contribution is -1.99. The number of pyridine rings is 1. The van der Waals surface area contributed by atoms with E-state index in [-0.39, 0.29) is 6.29 Å². The smallest absolute Gasteiger partial charge is 0.283 e. The van der Waals surface area contributed by atoms with Gasteiger partial charge in [0.25, 0.3) is 6.43 Å². The van der Waals surface area contributed by atoms with E-state index in [9.17, 15) is 18.0 Å². The Hall–Kier alpha value is -1.59.